The van der Waals surface area contributed by atoms with Gasteiger partial charge in [-0.2, -0.15) is 15.0 Å². The van der Waals surface area contributed by atoms with Crippen LogP contribution in [0.5, 0.6) is 0 Å². The third kappa shape index (κ3) is 2.92. The number of carboxylic acids is 2. The van der Waals surface area contributed by atoms with Crippen LogP contribution in [0.4, 0.5) is 5.95 Å². The summed E-state index contributed by atoms with van der Waals surface area (Å²) in [5, 5.41) is 19.2. The van der Waals surface area contributed by atoms with Crippen molar-refractivity contribution in [2.24, 2.45) is 0 Å². The second-order valence-corrected chi connectivity index (χ2v) is 3.73. The molecule has 8 nitrogen and oxygen atoms in total. The fourth-order valence-corrected chi connectivity index (χ4v) is 1.17. The first-order chi connectivity index (χ1) is 7.75. The molecule has 0 unspecified atom stereocenters. The van der Waals surface area contributed by atoms with Crippen LogP contribution in [-0.4, -0.2) is 42.6 Å². The van der Waals surface area contributed by atoms with Crippen molar-refractivity contribution >= 4 is 41.1 Å². The van der Waals surface area contributed by atoms with Gasteiger partial charge in [-0.3, -0.25) is 0 Å². The smallest absolute Gasteiger partial charge is 0.340 e. The van der Waals surface area contributed by atoms with Crippen molar-refractivity contribution in [1.29, 1.82) is 0 Å². The number of nitrogens with zero attached hydrogens (tertiary/aromatic N) is 3. The van der Waals surface area contributed by atoms with E-state index in [4.69, 9.17) is 33.4 Å². The molecule has 92 valence electrons. The molecule has 0 aliphatic heterocycles. The number of nitrogens with one attached hydrogen (secondary N) is 1. The maximum absolute atomic E-state index is 10.9. The molecule has 0 bridgehead atoms. The number of aliphatic carboxylic acids is 2. The lowest BCUT2D eigenvalue weighted by Gasteiger charge is -2.20. The van der Waals surface area contributed by atoms with E-state index in [9.17, 15) is 9.59 Å². The van der Waals surface area contributed by atoms with Gasteiger partial charge in [-0.25, -0.2) is 9.59 Å². The predicted molar refractivity (Wildman–Crippen MR) is 57.1 cm³/mol. The number of carboxylic acid groups (broad SMARTS) is 2. The highest BCUT2D eigenvalue weighted by molar-refractivity contribution is 6.31. The molecule has 1 aromatic rings. The molecule has 0 saturated carbocycles. The van der Waals surface area contributed by atoms with E-state index in [2.05, 4.69) is 20.3 Å². The van der Waals surface area contributed by atoms with Crippen LogP contribution >= 0.6 is 23.2 Å². The van der Waals surface area contributed by atoms with Crippen LogP contribution in [0.2, 0.25) is 10.6 Å². The van der Waals surface area contributed by atoms with Gasteiger partial charge >= 0.3 is 11.9 Å². The maximum Gasteiger partial charge on any atom is 0.340 e. The van der Waals surface area contributed by atoms with E-state index in [0.29, 0.717) is 0 Å². The summed E-state index contributed by atoms with van der Waals surface area (Å²) in [5.41, 5.74) is -2.30. The molecule has 3 N–H and O–H groups in total. The van der Waals surface area contributed by atoms with Gasteiger partial charge in [0.2, 0.25) is 22.1 Å². The van der Waals surface area contributed by atoms with Crippen molar-refractivity contribution in [2.45, 2.75) is 12.5 Å². The summed E-state index contributed by atoms with van der Waals surface area (Å²) in [6, 6.07) is 0. The number of hydrogen-bond donors (Lipinski definition) is 3. The average molecular weight is 281 g/mol. The first kappa shape index (κ1) is 13.4. The Labute approximate surface area is 105 Å². The Kier molecular flexibility index (Phi) is 3.69. The molecule has 1 rings (SSSR count). The molecule has 0 atom stereocenters. The monoisotopic (exact) mass is 280 g/mol. The van der Waals surface area contributed by atoms with Crippen molar-refractivity contribution < 1.29 is 19.8 Å². The molecule has 17 heavy (non-hydrogen) atoms. The summed E-state index contributed by atoms with van der Waals surface area (Å²) >= 11 is 10.9. The Morgan fingerprint density at radius 1 is 1.12 bits per heavy atom. The first-order valence-corrected chi connectivity index (χ1v) is 4.83. The van der Waals surface area contributed by atoms with Crippen molar-refractivity contribution in [3.63, 3.8) is 0 Å². The first-order valence-electron chi connectivity index (χ1n) is 4.08. The second kappa shape index (κ2) is 4.68. The number of aromatic nitrogens is 3. The van der Waals surface area contributed by atoms with Crippen LogP contribution < -0.4 is 5.32 Å². The molecule has 0 saturated heterocycles. The van der Waals surface area contributed by atoms with Gasteiger partial charge < -0.3 is 15.5 Å². The Morgan fingerprint density at radius 2 is 1.53 bits per heavy atom. The lowest BCUT2D eigenvalue weighted by molar-refractivity contribution is -0.154. The summed E-state index contributed by atoms with van der Waals surface area (Å²) in [7, 11) is 0. The molecule has 1 aromatic heterocycles. The zero-order chi connectivity index (χ0) is 13.2. The van der Waals surface area contributed by atoms with E-state index in [-0.39, 0.29) is 16.5 Å². The van der Waals surface area contributed by atoms with Crippen LogP contribution in [0.15, 0.2) is 0 Å². The van der Waals surface area contributed by atoms with E-state index >= 15 is 0 Å². The molecule has 0 amide bonds. The molecule has 0 aliphatic carbocycles. The normalized spacial score (nSPS) is 11.0. The van der Waals surface area contributed by atoms with Gasteiger partial charge in [-0.1, -0.05) is 0 Å². The minimum Gasteiger partial charge on any atom is -0.479 e. The van der Waals surface area contributed by atoms with Crippen LogP contribution in [-0.2, 0) is 9.59 Å². The van der Waals surface area contributed by atoms with E-state index < -0.39 is 17.5 Å². The fourth-order valence-electron chi connectivity index (χ4n) is 0.804. The zero-order valence-electron chi connectivity index (χ0n) is 8.31. The Balaban J connectivity index is 3.10. The largest absolute Gasteiger partial charge is 0.479 e. The third-order valence-corrected chi connectivity index (χ3v) is 2.14. The van der Waals surface area contributed by atoms with Gasteiger partial charge in [0.15, 0.2) is 0 Å². The van der Waals surface area contributed by atoms with Gasteiger partial charge in [-0.05, 0) is 30.1 Å². The second-order valence-electron chi connectivity index (χ2n) is 3.06. The summed E-state index contributed by atoms with van der Waals surface area (Å²) in [5.74, 6) is -3.57. The minimum absolute atomic E-state index is 0.286. The summed E-state index contributed by atoms with van der Waals surface area (Å²) < 4.78 is 0. The number of anilines is 1. The summed E-state index contributed by atoms with van der Waals surface area (Å²) in [6.45, 7) is 0.934. The summed E-state index contributed by atoms with van der Waals surface area (Å²) in [4.78, 5) is 32.2. The molecular weight excluding hydrogens is 275 g/mol. The van der Waals surface area contributed by atoms with Crippen LogP contribution in [0.3, 0.4) is 0 Å². The Bertz CT molecular complexity index is 447. The Morgan fingerprint density at radius 3 is 1.88 bits per heavy atom. The van der Waals surface area contributed by atoms with Crippen LogP contribution in [0.1, 0.15) is 6.92 Å². The number of carbonyl (C=O) groups is 2. The molecule has 0 aliphatic rings. The summed E-state index contributed by atoms with van der Waals surface area (Å²) in [6.07, 6.45) is 0. The molecule has 0 fully saturated rings. The van der Waals surface area contributed by atoms with Crippen LogP contribution in [0, 0.1) is 0 Å². The number of halogens is 2. The molecule has 1 heterocycles. The minimum atomic E-state index is -2.30. The van der Waals surface area contributed by atoms with Gasteiger partial charge in [0.1, 0.15) is 0 Å². The molecule has 0 aromatic carbocycles. The van der Waals surface area contributed by atoms with Gasteiger partial charge in [0.05, 0.1) is 0 Å². The van der Waals surface area contributed by atoms with Crippen molar-refractivity contribution in [3.8, 4) is 0 Å². The topological polar surface area (TPSA) is 125 Å². The van der Waals surface area contributed by atoms with Crippen molar-refractivity contribution in [1.82, 2.24) is 15.0 Å². The Hall–Kier alpha value is -1.67. The van der Waals surface area contributed by atoms with Crippen LogP contribution in [0.25, 0.3) is 0 Å². The fraction of sp³-hybridized carbons (Fsp3) is 0.286. The number of hydrogen-bond acceptors (Lipinski definition) is 6. The SMILES string of the molecule is CC(Nc1nc(Cl)nc(Cl)n1)(C(=O)O)C(=O)O. The van der Waals surface area contributed by atoms with Crippen molar-refractivity contribution in [3.05, 3.63) is 10.6 Å². The highest BCUT2D eigenvalue weighted by Crippen LogP contribution is 2.15. The lowest BCUT2D eigenvalue weighted by Crippen LogP contribution is -2.51. The van der Waals surface area contributed by atoms with E-state index in [1.54, 1.807) is 0 Å². The third-order valence-electron chi connectivity index (χ3n) is 1.80. The predicted octanol–water partition coefficient (Wildman–Crippen LogP) is 0.518. The average Bonchev–Trinajstić information content (AvgIpc) is 2.14. The lowest BCUT2D eigenvalue weighted by atomic mass is 10.0. The number of rotatable bonds is 4. The highest BCUT2D eigenvalue weighted by Gasteiger charge is 2.42. The standard InChI is InChI=1S/C7H6Cl2N4O4/c1-7(2(14)15,3(16)17)13-6-11-4(8)10-5(9)12-6/h1H3,(H,14,15)(H,16,17)(H,10,11,12,13). The zero-order valence-corrected chi connectivity index (χ0v) is 9.82. The molecular formula is C7H6Cl2N4O4. The molecule has 10 heteroatoms. The van der Waals surface area contributed by atoms with E-state index in [1.807, 2.05) is 0 Å². The molecule has 0 radical (unpaired) electrons. The van der Waals surface area contributed by atoms with E-state index in [0.717, 1.165) is 6.92 Å². The van der Waals surface area contributed by atoms with Gasteiger partial charge in [-0.15, -0.1) is 0 Å². The highest BCUT2D eigenvalue weighted by atomic mass is 35.5. The van der Waals surface area contributed by atoms with Gasteiger partial charge in [0, 0.05) is 0 Å². The van der Waals surface area contributed by atoms with Gasteiger partial charge in [0.25, 0.3) is 0 Å². The van der Waals surface area contributed by atoms with Crippen molar-refractivity contribution in [2.75, 3.05) is 5.32 Å². The quantitative estimate of drug-likeness (QED) is 0.682. The maximum atomic E-state index is 10.9. The van der Waals surface area contributed by atoms with E-state index in [1.165, 1.54) is 0 Å². The molecule has 0 spiro atoms.